The first-order valence-electron chi connectivity index (χ1n) is 6.10. The van der Waals surface area contributed by atoms with E-state index in [9.17, 15) is 0 Å². The fraction of sp³-hybridized carbons (Fsp3) is 1.00. The maximum atomic E-state index is 6.04. The molecule has 2 nitrogen and oxygen atoms in total. The van der Waals surface area contributed by atoms with Crippen molar-refractivity contribution in [1.29, 1.82) is 0 Å². The Balaban J connectivity index is 2.28. The van der Waals surface area contributed by atoms with Crippen LogP contribution in [0.4, 0.5) is 0 Å². The van der Waals surface area contributed by atoms with Gasteiger partial charge >= 0.3 is 0 Å². The van der Waals surface area contributed by atoms with Gasteiger partial charge in [-0.05, 0) is 16.7 Å². The molecule has 0 radical (unpaired) electrons. The molecular weight excluding hydrogens is 186 g/mol. The van der Waals surface area contributed by atoms with Crippen molar-refractivity contribution in [3.05, 3.63) is 0 Å². The van der Waals surface area contributed by atoms with Crippen molar-refractivity contribution in [2.45, 2.75) is 53.9 Å². The first kappa shape index (κ1) is 11.4. The van der Waals surface area contributed by atoms with Crippen LogP contribution in [-0.4, -0.2) is 18.9 Å². The normalized spacial score (nSPS) is 41.2. The van der Waals surface area contributed by atoms with Crippen molar-refractivity contribution in [2.24, 2.45) is 22.7 Å². The highest BCUT2D eigenvalue weighted by atomic mass is 16.5. The Labute approximate surface area is 93.8 Å². The molecule has 2 bridgehead atoms. The molecule has 2 rings (SSSR count). The molecular formula is C13H25NO. The fourth-order valence-corrected chi connectivity index (χ4v) is 3.45. The Morgan fingerprint density at radius 2 is 1.47 bits per heavy atom. The Morgan fingerprint density at radius 3 is 1.87 bits per heavy atom. The molecule has 0 aliphatic carbocycles. The maximum Gasteiger partial charge on any atom is 0.112 e. The van der Waals surface area contributed by atoms with Crippen molar-refractivity contribution in [3.63, 3.8) is 0 Å². The molecule has 4 unspecified atom stereocenters. The molecule has 0 aromatic rings. The van der Waals surface area contributed by atoms with E-state index in [1.807, 2.05) is 0 Å². The van der Waals surface area contributed by atoms with E-state index in [1.54, 1.807) is 0 Å². The third-order valence-electron chi connectivity index (χ3n) is 3.96. The number of hydrogen-bond donors (Lipinski definition) is 1. The van der Waals surface area contributed by atoms with Gasteiger partial charge in [-0.15, -0.1) is 0 Å². The van der Waals surface area contributed by atoms with E-state index in [0.29, 0.717) is 35.0 Å². The van der Waals surface area contributed by atoms with Crippen molar-refractivity contribution in [3.8, 4) is 0 Å². The van der Waals surface area contributed by atoms with Gasteiger partial charge in [0.25, 0.3) is 0 Å². The van der Waals surface area contributed by atoms with Gasteiger partial charge < -0.3 is 4.74 Å². The summed E-state index contributed by atoms with van der Waals surface area (Å²) in [5, 5.41) is 3.49. The van der Waals surface area contributed by atoms with E-state index in [4.69, 9.17) is 4.74 Å². The zero-order valence-electron chi connectivity index (χ0n) is 10.9. The van der Waals surface area contributed by atoms with Gasteiger partial charge in [-0.3, -0.25) is 5.32 Å². The van der Waals surface area contributed by atoms with Gasteiger partial charge in [-0.25, -0.2) is 0 Å². The van der Waals surface area contributed by atoms with Crippen LogP contribution in [0.25, 0.3) is 0 Å². The topological polar surface area (TPSA) is 21.3 Å². The summed E-state index contributed by atoms with van der Waals surface area (Å²) in [5.74, 6) is 1.32. The number of fused-ring (bicyclic) bond motifs is 2. The average molecular weight is 211 g/mol. The minimum Gasteiger partial charge on any atom is -0.358 e. The Hall–Kier alpha value is -0.0800. The zero-order valence-corrected chi connectivity index (χ0v) is 10.9. The Morgan fingerprint density at radius 1 is 0.933 bits per heavy atom. The summed E-state index contributed by atoms with van der Waals surface area (Å²) in [6.07, 6.45) is 0.721. The minimum absolute atomic E-state index is 0.291. The first-order valence-corrected chi connectivity index (χ1v) is 6.10. The van der Waals surface area contributed by atoms with Crippen LogP contribution in [-0.2, 0) is 4.74 Å². The molecule has 1 N–H and O–H groups in total. The summed E-state index contributed by atoms with van der Waals surface area (Å²) in [4.78, 5) is 0. The smallest absolute Gasteiger partial charge is 0.112 e. The number of hydrogen-bond acceptors (Lipinski definition) is 2. The predicted molar refractivity (Wildman–Crippen MR) is 62.6 cm³/mol. The lowest BCUT2D eigenvalue weighted by Gasteiger charge is -2.44. The lowest BCUT2D eigenvalue weighted by molar-refractivity contribution is 0.0491. The largest absolute Gasteiger partial charge is 0.358 e. The van der Waals surface area contributed by atoms with Gasteiger partial charge in [0.05, 0.1) is 6.10 Å². The van der Waals surface area contributed by atoms with E-state index < -0.39 is 0 Å². The van der Waals surface area contributed by atoms with Crippen molar-refractivity contribution >= 4 is 0 Å². The van der Waals surface area contributed by atoms with Crippen LogP contribution >= 0.6 is 0 Å². The van der Waals surface area contributed by atoms with Crippen LogP contribution in [0.2, 0.25) is 0 Å². The molecule has 2 fully saturated rings. The van der Waals surface area contributed by atoms with Crippen LogP contribution in [0, 0.1) is 22.7 Å². The molecule has 4 atom stereocenters. The van der Waals surface area contributed by atoms with Crippen LogP contribution < -0.4 is 5.32 Å². The summed E-state index contributed by atoms with van der Waals surface area (Å²) in [6.45, 7) is 15.1. The first-order chi connectivity index (χ1) is 6.71. The predicted octanol–water partition coefficient (Wildman–Crippen LogP) is 2.64. The highest BCUT2D eigenvalue weighted by Gasteiger charge is 2.56. The maximum absolute atomic E-state index is 6.04. The second kappa shape index (κ2) is 3.21. The molecule has 15 heavy (non-hydrogen) atoms. The van der Waals surface area contributed by atoms with E-state index in [2.05, 4.69) is 46.9 Å². The summed E-state index contributed by atoms with van der Waals surface area (Å²) in [7, 11) is 0. The average Bonchev–Trinajstić information content (AvgIpc) is 2.56. The lowest BCUT2D eigenvalue weighted by atomic mass is 9.62. The van der Waals surface area contributed by atoms with Gasteiger partial charge in [0.1, 0.15) is 6.23 Å². The molecule has 0 aromatic carbocycles. The van der Waals surface area contributed by atoms with Gasteiger partial charge in [0.2, 0.25) is 0 Å². The Kier molecular flexibility index (Phi) is 2.44. The van der Waals surface area contributed by atoms with E-state index in [1.165, 1.54) is 0 Å². The minimum atomic E-state index is 0.291. The van der Waals surface area contributed by atoms with Gasteiger partial charge in [-0.2, -0.15) is 0 Å². The lowest BCUT2D eigenvalue weighted by Crippen LogP contribution is -2.50. The van der Waals surface area contributed by atoms with Crippen LogP contribution in [0.3, 0.4) is 0 Å². The quantitative estimate of drug-likeness (QED) is 0.665. The molecule has 2 aliphatic heterocycles. The molecule has 2 saturated heterocycles. The molecule has 0 saturated carbocycles. The molecule has 0 amide bonds. The molecule has 2 heterocycles. The third-order valence-corrected chi connectivity index (χ3v) is 3.96. The summed E-state index contributed by atoms with van der Waals surface area (Å²) in [6, 6.07) is 0. The van der Waals surface area contributed by atoms with Crippen LogP contribution in [0.1, 0.15) is 41.5 Å². The SMILES string of the molecule is CC(C)(C)C1C2CNC(O2)C1C(C)(C)C. The fourth-order valence-electron chi connectivity index (χ4n) is 3.45. The summed E-state index contributed by atoms with van der Waals surface area (Å²) in [5.41, 5.74) is 0.671. The van der Waals surface area contributed by atoms with Crippen molar-refractivity contribution < 1.29 is 4.74 Å². The van der Waals surface area contributed by atoms with E-state index in [-0.39, 0.29) is 0 Å². The monoisotopic (exact) mass is 211 g/mol. The van der Waals surface area contributed by atoms with Gasteiger partial charge in [0.15, 0.2) is 0 Å². The summed E-state index contributed by atoms with van der Waals surface area (Å²) >= 11 is 0. The number of nitrogens with one attached hydrogen (secondary N) is 1. The van der Waals surface area contributed by atoms with Crippen LogP contribution in [0.15, 0.2) is 0 Å². The molecule has 2 heteroatoms. The zero-order chi connectivity index (χ0) is 11.4. The third kappa shape index (κ3) is 1.83. The van der Waals surface area contributed by atoms with Gasteiger partial charge in [0, 0.05) is 12.5 Å². The van der Waals surface area contributed by atoms with Gasteiger partial charge in [-0.1, -0.05) is 41.5 Å². The Bertz CT molecular complexity index is 222. The molecule has 0 aromatic heterocycles. The highest BCUT2D eigenvalue weighted by Crippen LogP contribution is 2.52. The molecule has 0 spiro atoms. The second-order valence-electron chi connectivity index (χ2n) is 7.29. The standard InChI is InChI=1S/C13H25NO/c1-12(2,3)9-8-7-14-11(15-8)10(9)13(4,5)6/h8-11,14H,7H2,1-6H3. The second-order valence-corrected chi connectivity index (χ2v) is 7.29. The molecule has 2 aliphatic rings. The number of rotatable bonds is 0. The summed E-state index contributed by atoms with van der Waals surface area (Å²) < 4.78 is 6.04. The van der Waals surface area contributed by atoms with Crippen molar-refractivity contribution in [1.82, 2.24) is 5.32 Å². The van der Waals surface area contributed by atoms with E-state index >= 15 is 0 Å². The van der Waals surface area contributed by atoms with Crippen molar-refractivity contribution in [2.75, 3.05) is 6.54 Å². The van der Waals surface area contributed by atoms with E-state index in [0.717, 1.165) is 6.54 Å². The van der Waals surface area contributed by atoms with Crippen LogP contribution in [0.5, 0.6) is 0 Å². The highest BCUT2D eigenvalue weighted by molar-refractivity contribution is 5.03. The molecule has 88 valence electrons. The number of piperidine rings is 1. The number of ether oxygens (including phenoxy) is 1.